The van der Waals surface area contributed by atoms with Gasteiger partial charge in [0.2, 0.25) is 0 Å². The molecule has 32 heavy (non-hydrogen) atoms. The normalized spacial score (nSPS) is 11.9. The number of aliphatic hydroxyl groups excluding tert-OH is 1. The van der Waals surface area contributed by atoms with Crippen LogP contribution >= 0.6 is 0 Å². The van der Waals surface area contributed by atoms with Crippen LogP contribution in [0.2, 0.25) is 0 Å². The third kappa shape index (κ3) is 6.28. The predicted molar refractivity (Wildman–Crippen MR) is 127 cm³/mol. The van der Waals surface area contributed by atoms with Gasteiger partial charge in [0.15, 0.2) is 0 Å². The summed E-state index contributed by atoms with van der Waals surface area (Å²) in [7, 11) is 1.62. The monoisotopic (exact) mass is 434 g/mol. The van der Waals surface area contributed by atoms with Crippen molar-refractivity contribution in [2.75, 3.05) is 20.3 Å². The average molecular weight is 435 g/mol. The molecule has 0 aliphatic carbocycles. The molecule has 168 valence electrons. The Hall–Kier alpha value is -3.44. The fraction of sp³-hybridized carbons (Fsp3) is 0.259. The first kappa shape index (κ1) is 23.2. The zero-order chi connectivity index (χ0) is 22.8. The van der Waals surface area contributed by atoms with Gasteiger partial charge in [-0.3, -0.25) is 0 Å². The summed E-state index contributed by atoms with van der Waals surface area (Å²) in [6.45, 7) is 5.34. The van der Waals surface area contributed by atoms with Gasteiger partial charge in [-0.05, 0) is 43.7 Å². The summed E-state index contributed by atoms with van der Waals surface area (Å²) >= 11 is 0. The van der Waals surface area contributed by atoms with E-state index in [0.717, 1.165) is 11.1 Å². The van der Waals surface area contributed by atoms with Gasteiger partial charge in [-0.2, -0.15) is 0 Å². The van der Waals surface area contributed by atoms with Gasteiger partial charge >= 0.3 is 0 Å². The SMILES string of the molecule is CCOc1ccc(C(O)C=Cc2ccc(OC)cc2OCC)c(OCc2ccccc2)c1. The first-order chi connectivity index (χ1) is 15.6. The van der Waals surface area contributed by atoms with Crippen molar-refractivity contribution < 1.29 is 24.1 Å². The van der Waals surface area contributed by atoms with Gasteiger partial charge in [0, 0.05) is 23.3 Å². The molecular formula is C27H30O5. The van der Waals surface area contributed by atoms with Crippen molar-refractivity contribution in [1.82, 2.24) is 0 Å². The van der Waals surface area contributed by atoms with Gasteiger partial charge in [0.1, 0.15) is 35.7 Å². The molecule has 0 spiro atoms. The van der Waals surface area contributed by atoms with Crippen molar-refractivity contribution in [3.63, 3.8) is 0 Å². The van der Waals surface area contributed by atoms with Gasteiger partial charge in [0.05, 0.1) is 20.3 Å². The molecule has 3 rings (SSSR count). The Morgan fingerprint density at radius 3 is 2.25 bits per heavy atom. The van der Waals surface area contributed by atoms with Crippen LogP contribution in [0.5, 0.6) is 23.0 Å². The molecule has 5 heteroatoms. The highest BCUT2D eigenvalue weighted by molar-refractivity contribution is 5.60. The molecule has 0 saturated heterocycles. The van der Waals surface area contributed by atoms with E-state index in [1.807, 2.05) is 86.7 Å². The highest BCUT2D eigenvalue weighted by Crippen LogP contribution is 2.33. The lowest BCUT2D eigenvalue weighted by Gasteiger charge is -2.16. The van der Waals surface area contributed by atoms with Gasteiger partial charge < -0.3 is 24.1 Å². The summed E-state index contributed by atoms with van der Waals surface area (Å²) in [5.41, 5.74) is 2.56. The fourth-order valence-electron chi connectivity index (χ4n) is 3.23. The molecule has 0 aliphatic heterocycles. The maximum atomic E-state index is 10.9. The van der Waals surface area contributed by atoms with E-state index in [1.165, 1.54) is 0 Å². The molecule has 0 fully saturated rings. The Kier molecular flexibility index (Phi) is 8.58. The second kappa shape index (κ2) is 11.8. The van der Waals surface area contributed by atoms with Gasteiger partial charge in [-0.1, -0.05) is 42.5 Å². The summed E-state index contributed by atoms with van der Waals surface area (Å²) < 4.78 is 22.7. The summed E-state index contributed by atoms with van der Waals surface area (Å²) in [6, 6.07) is 21.0. The summed E-state index contributed by atoms with van der Waals surface area (Å²) in [6.07, 6.45) is 2.69. The molecule has 0 saturated carbocycles. The maximum Gasteiger partial charge on any atom is 0.130 e. The molecule has 1 atom stereocenters. The lowest BCUT2D eigenvalue weighted by Crippen LogP contribution is -2.03. The standard InChI is InChI=1S/C27H30O5/c1-4-30-23-14-15-24(27(18-23)32-19-20-9-7-6-8-10-20)25(28)16-12-21-11-13-22(29-3)17-26(21)31-5-2/h6-18,25,28H,4-5,19H2,1-3H3. The number of aliphatic hydroxyl groups is 1. The van der Waals surface area contributed by atoms with Crippen molar-refractivity contribution in [3.8, 4) is 23.0 Å². The molecule has 1 N–H and O–H groups in total. The van der Waals surface area contributed by atoms with Crippen LogP contribution in [0.25, 0.3) is 6.08 Å². The number of hydrogen-bond donors (Lipinski definition) is 1. The van der Waals surface area contributed by atoms with E-state index in [2.05, 4.69) is 0 Å². The Labute approximate surface area is 189 Å². The second-order valence-electron chi connectivity index (χ2n) is 7.05. The molecule has 0 bridgehead atoms. The van der Waals surface area contributed by atoms with Crippen LogP contribution in [0.3, 0.4) is 0 Å². The third-order valence-electron chi connectivity index (χ3n) is 4.83. The molecule has 0 heterocycles. The van der Waals surface area contributed by atoms with Gasteiger partial charge in [-0.25, -0.2) is 0 Å². The number of ether oxygens (including phenoxy) is 4. The Balaban J connectivity index is 1.84. The zero-order valence-corrected chi connectivity index (χ0v) is 18.8. The van der Waals surface area contributed by atoms with E-state index in [4.69, 9.17) is 18.9 Å². The fourth-order valence-corrected chi connectivity index (χ4v) is 3.23. The quantitative estimate of drug-likeness (QED) is 0.412. The Morgan fingerprint density at radius 2 is 1.53 bits per heavy atom. The van der Waals surface area contributed by atoms with Crippen LogP contribution in [0, 0.1) is 0 Å². The molecule has 0 aliphatic rings. The summed E-state index contributed by atoms with van der Waals surface area (Å²) in [5.74, 6) is 2.69. The van der Waals surface area contributed by atoms with Crippen LogP contribution in [0.1, 0.15) is 36.6 Å². The lowest BCUT2D eigenvalue weighted by molar-refractivity contribution is 0.216. The smallest absolute Gasteiger partial charge is 0.130 e. The molecule has 0 amide bonds. The van der Waals surface area contributed by atoms with Crippen molar-refractivity contribution in [2.24, 2.45) is 0 Å². The molecular weight excluding hydrogens is 404 g/mol. The second-order valence-corrected chi connectivity index (χ2v) is 7.05. The van der Waals surface area contributed by atoms with Gasteiger partial charge in [0.25, 0.3) is 0 Å². The zero-order valence-electron chi connectivity index (χ0n) is 18.8. The number of hydrogen-bond acceptors (Lipinski definition) is 5. The Bertz CT molecular complexity index is 1010. The van der Waals surface area contributed by atoms with Crippen LogP contribution in [0.4, 0.5) is 0 Å². The predicted octanol–water partition coefficient (Wildman–Crippen LogP) is 5.82. The minimum Gasteiger partial charge on any atom is -0.497 e. The third-order valence-corrected chi connectivity index (χ3v) is 4.83. The van der Waals surface area contributed by atoms with E-state index >= 15 is 0 Å². The number of benzene rings is 3. The van der Waals surface area contributed by atoms with Crippen molar-refractivity contribution in [1.29, 1.82) is 0 Å². The first-order valence-corrected chi connectivity index (χ1v) is 10.7. The molecule has 0 radical (unpaired) electrons. The van der Waals surface area contributed by atoms with E-state index in [9.17, 15) is 5.11 Å². The minimum atomic E-state index is -0.868. The number of rotatable bonds is 11. The maximum absolute atomic E-state index is 10.9. The van der Waals surface area contributed by atoms with E-state index < -0.39 is 6.10 Å². The summed E-state index contributed by atoms with van der Waals surface area (Å²) in [4.78, 5) is 0. The first-order valence-electron chi connectivity index (χ1n) is 10.7. The van der Waals surface area contributed by atoms with E-state index in [-0.39, 0.29) is 0 Å². The molecule has 3 aromatic carbocycles. The van der Waals surface area contributed by atoms with E-state index in [1.54, 1.807) is 13.2 Å². The van der Waals surface area contributed by atoms with Crippen LogP contribution in [-0.4, -0.2) is 25.4 Å². The highest BCUT2D eigenvalue weighted by Gasteiger charge is 2.14. The van der Waals surface area contributed by atoms with Crippen molar-refractivity contribution >= 4 is 6.08 Å². The van der Waals surface area contributed by atoms with Crippen LogP contribution in [0.15, 0.2) is 72.8 Å². The van der Waals surface area contributed by atoms with Crippen molar-refractivity contribution in [3.05, 3.63) is 89.5 Å². The van der Waals surface area contributed by atoms with Crippen LogP contribution in [-0.2, 0) is 6.61 Å². The molecule has 1 unspecified atom stereocenters. The minimum absolute atomic E-state index is 0.396. The van der Waals surface area contributed by atoms with Gasteiger partial charge in [-0.15, -0.1) is 0 Å². The topological polar surface area (TPSA) is 57.2 Å². The molecule has 5 nitrogen and oxygen atoms in total. The van der Waals surface area contributed by atoms with E-state index in [0.29, 0.717) is 48.4 Å². The highest BCUT2D eigenvalue weighted by atomic mass is 16.5. The average Bonchev–Trinajstić information content (AvgIpc) is 2.83. The largest absolute Gasteiger partial charge is 0.497 e. The van der Waals surface area contributed by atoms with Crippen molar-refractivity contribution in [2.45, 2.75) is 26.6 Å². The Morgan fingerprint density at radius 1 is 0.812 bits per heavy atom. The number of methoxy groups -OCH3 is 1. The molecule has 0 aromatic heterocycles. The molecule has 3 aromatic rings. The lowest BCUT2D eigenvalue weighted by atomic mass is 10.1. The van der Waals surface area contributed by atoms with Crippen LogP contribution < -0.4 is 18.9 Å². The summed E-state index contributed by atoms with van der Waals surface area (Å²) in [5, 5.41) is 10.9.